The molecule has 0 aliphatic carbocycles. The summed E-state index contributed by atoms with van der Waals surface area (Å²) >= 11 is 0. The van der Waals surface area contributed by atoms with Crippen molar-refractivity contribution in [1.82, 2.24) is 0 Å². The number of anilines is 1. The number of hydrogen-bond donors (Lipinski definition) is 2. The van der Waals surface area contributed by atoms with Gasteiger partial charge in [0, 0.05) is 18.3 Å². The van der Waals surface area contributed by atoms with Gasteiger partial charge in [-0.25, -0.2) is 4.39 Å². The van der Waals surface area contributed by atoms with Crippen molar-refractivity contribution in [2.24, 2.45) is 4.99 Å². The number of nitro groups is 1. The number of hydrogen-bond acceptors (Lipinski definition) is 7. The summed E-state index contributed by atoms with van der Waals surface area (Å²) in [5.74, 6) is -1.07. The van der Waals surface area contributed by atoms with E-state index in [1.54, 1.807) is 6.08 Å². The lowest BCUT2D eigenvalue weighted by Gasteiger charge is -2.08. The van der Waals surface area contributed by atoms with Crippen LogP contribution >= 0.6 is 0 Å². The Morgan fingerprint density at radius 2 is 2.15 bits per heavy atom. The number of nitrogen functional groups attached to an aromatic ring is 1. The maximum atomic E-state index is 12.7. The zero-order valence-electron chi connectivity index (χ0n) is 14.1. The molecule has 0 unspecified atom stereocenters. The number of halogens is 1. The normalized spacial score (nSPS) is 11.1. The van der Waals surface area contributed by atoms with Crippen LogP contribution in [0.3, 0.4) is 0 Å². The molecule has 0 amide bonds. The monoisotopic (exact) mass is 373 g/mol. The third kappa shape index (κ3) is 4.66. The molecule has 2 aromatic carbocycles. The van der Waals surface area contributed by atoms with Gasteiger partial charge in [-0.2, -0.15) is 0 Å². The number of aliphatic imine (C=N–C) groups is 1. The Morgan fingerprint density at radius 1 is 1.41 bits per heavy atom. The van der Waals surface area contributed by atoms with Gasteiger partial charge in [-0.15, -0.1) is 0 Å². The molecule has 1 aliphatic heterocycles. The van der Waals surface area contributed by atoms with Crippen molar-refractivity contribution in [3.8, 4) is 11.5 Å². The van der Waals surface area contributed by atoms with Crippen molar-refractivity contribution in [3.63, 3.8) is 0 Å². The number of benzene rings is 2. The van der Waals surface area contributed by atoms with E-state index in [-0.39, 0.29) is 6.29 Å². The molecular weight excluding hydrogens is 357 g/mol. The number of rotatable bonds is 5. The fourth-order valence-corrected chi connectivity index (χ4v) is 2.23. The molecule has 0 radical (unpaired) electrons. The van der Waals surface area contributed by atoms with Gasteiger partial charge in [0.05, 0.1) is 22.7 Å². The van der Waals surface area contributed by atoms with Crippen molar-refractivity contribution in [2.45, 2.75) is 6.54 Å². The minimum Gasteiger partial charge on any atom is -0.502 e. The van der Waals surface area contributed by atoms with Crippen molar-refractivity contribution < 1.29 is 24.0 Å². The molecule has 0 bridgehead atoms. The number of phenolic OH excluding ortho intramolecular Hbond substituents is 1. The van der Waals surface area contributed by atoms with E-state index in [4.69, 9.17) is 15.6 Å². The Kier molecular flexibility index (Phi) is 6.21. The molecule has 2 aromatic rings. The van der Waals surface area contributed by atoms with Gasteiger partial charge in [0.15, 0.2) is 12.0 Å². The second kappa shape index (κ2) is 8.56. The zero-order chi connectivity index (χ0) is 20.0. The van der Waals surface area contributed by atoms with Crippen LogP contribution in [0.1, 0.15) is 21.5 Å². The predicted molar refractivity (Wildman–Crippen MR) is 98.0 cm³/mol. The van der Waals surface area contributed by atoms with Gasteiger partial charge in [-0.3, -0.25) is 19.9 Å². The van der Waals surface area contributed by atoms with Crippen LogP contribution in [0, 0.1) is 15.9 Å². The average molecular weight is 373 g/mol. The van der Waals surface area contributed by atoms with Crippen molar-refractivity contribution >= 4 is 23.9 Å². The van der Waals surface area contributed by atoms with Crippen LogP contribution < -0.4 is 10.5 Å². The van der Waals surface area contributed by atoms with E-state index < -0.39 is 27.7 Å². The van der Waals surface area contributed by atoms with Crippen molar-refractivity contribution in [2.75, 3.05) is 12.3 Å². The van der Waals surface area contributed by atoms with Crippen LogP contribution in [0.2, 0.25) is 0 Å². The van der Waals surface area contributed by atoms with E-state index in [9.17, 15) is 19.3 Å². The van der Waals surface area contributed by atoms with Gasteiger partial charge in [0.25, 0.3) is 0 Å². The number of aldehydes is 1. The number of nitrogens with zero attached hydrogens (tertiary/aromatic N) is 2. The number of aromatic hydroxyl groups is 1. The summed E-state index contributed by atoms with van der Waals surface area (Å²) in [5.41, 5.74) is 7.58. The largest absolute Gasteiger partial charge is 0.502 e. The van der Waals surface area contributed by atoms with Crippen molar-refractivity contribution in [3.05, 3.63) is 69.5 Å². The summed E-state index contributed by atoms with van der Waals surface area (Å²) in [7, 11) is 0. The van der Waals surface area contributed by atoms with E-state index in [1.807, 2.05) is 18.3 Å². The third-order valence-corrected chi connectivity index (χ3v) is 3.54. The summed E-state index contributed by atoms with van der Waals surface area (Å²) in [5, 5.41) is 19.1. The fourth-order valence-electron chi connectivity index (χ4n) is 2.23. The molecule has 3 rings (SSSR count). The lowest BCUT2D eigenvalue weighted by Crippen LogP contribution is -1.99. The Morgan fingerprint density at radius 3 is 2.78 bits per heavy atom. The first-order valence-electron chi connectivity index (χ1n) is 7.65. The zero-order valence-corrected chi connectivity index (χ0v) is 14.1. The predicted octanol–water partition coefficient (Wildman–Crippen LogP) is 3.02. The van der Waals surface area contributed by atoms with Gasteiger partial charge < -0.3 is 15.6 Å². The quantitative estimate of drug-likeness (QED) is 0.273. The molecule has 0 saturated heterocycles. The van der Waals surface area contributed by atoms with Crippen LogP contribution in [0.5, 0.6) is 11.5 Å². The van der Waals surface area contributed by atoms with Gasteiger partial charge in [0.2, 0.25) is 0 Å². The SMILES string of the molecule is C=CCOc1cc2c(cc1N)C=NC2.O=Cc1cc([N+](=O)[O-])c(O)cc1F. The molecule has 0 spiro atoms. The van der Waals surface area contributed by atoms with Gasteiger partial charge in [-0.05, 0) is 23.3 Å². The highest BCUT2D eigenvalue weighted by Gasteiger charge is 2.17. The van der Waals surface area contributed by atoms with Gasteiger partial charge in [-0.1, -0.05) is 12.7 Å². The summed E-state index contributed by atoms with van der Waals surface area (Å²) in [6, 6.07) is 5.05. The lowest BCUT2D eigenvalue weighted by molar-refractivity contribution is -0.385. The number of ether oxygens (including phenoxy) is 1. The molecule has 9 heteroatoms. The summed E-state index contributed by atoms with van der Waals surface area (Å²) in [6.45, 7) is 4.79. The molecule has 0 aromatic heterocycles. The van der Waals surface area contributed by atoms with Crippen LogP contribution in [-0.2, 0) is 6.54 Å². The maximum absolute atomic E-state index is 12.7. The second-order valence-corrected chi connectivity index (χ2v) is 5.40. The molecule has 0 saturated carbocycles. The van der Waals surface area contributed by atoms with E-state index in [2.05, 4.69) is 11.6 Å². The first-order chi connectivity index (χ1) is 12.9. The summed E-state index contributed by atoms with van der Waals surface area (Å²) in [4.78, 5) is 23.6. The van der Waals surface area contributed by atoms with Crippen LogP contribution in [0.15, 0.2) is 41.9 Å². The van der Waals surface area contributed by atoms with Crippen LogP contribution in [0.4, 0.5) is 15.8 Å². The van der Waals surface area contributed by atoms with E-state index in [0.29, 0.717) is 30.2 Å². The molecule has 27 heavy (non-hydrogen) atoms. The fraction of sp³-hybridized carbons (Fsp3) is 0.111. The summed E-state index contributed by atoms with van der Waals surface area (Å²) < 4.78 is 18.1. The Hall–Kier alpha value is -3.75. The Labute approximate surface area is 153 Å². The number of nitrogens with two attached hydrogens (primary N) is 1. The molecule has 0 atom stereocenters. The van der Waals surface area contributed by atoms with Crippen LogP contribution in [0.25, 0.3) is 0 Å². The van der Waals surface area contributed by atoms with E-state index in [1.165, 1.54) is 5.56 Å². The topological polar surface area (TPSA) is 128 Å². The van der Waals surface area contributed by atoms with E-state index in [0.717, 1.165) is 12.1 Å². The first kappa shape index (κ1) is 19.6. The number of nitro benzene ring substituents is 1. The number of carbonyl (C=O) groups excluding carboxylic acids is 1. The minimum absolute atomic E-state index is 0.141. The molecule has 1 heterocycles. The molecule has 0 fully saturated rings. The highest BCUT2D eigenvalue weighted by Crippen LogP contribution is 2.28. The maximum Gasteiger partial charge on any atom is 0.311 e. The average Bonchev–Trinajstić information content (AvgIpc) is 3.07. The highest BCUT2D eigenvalue weighted by atomic mass is 19.1. The van der Waals surface area contributed by atoms with Gasteiger partial charge >= 0.3 is 5.69 Å². The molecule has 140 valence electrons. The first-order valence-corrected chi connectivity index (χ1v) is 7.65. The minimum atomic E-state index is -0.988. The number of phenols is 1. The molecule has 3 N–H and O–H groups in total. The Bertz CT molecular complexity index is 928. The molecule has 1 aliphatic rings. The standard InChI is InChI=1S/C11H12N2O.C7H4FNO4/c1-2-3-14-11-5-9-7-13-6-8(9)4-10(11)12;8-5-2-7(11)6(9(12)13)1-4(5)3-10/h2,4-6H,1,3,7,12H2;1-3,11H. The summed E-state index contributed by atoms with van der Waals surface area (Å²) in [6.07, 6.45) is 3.67. The highest BCUT2D eigenvalue weighted by molar-refractivity contribution is 5.87. The van der Waals surface area contributed by atoms with E-state index >= 15 is 0 Å². The number of fused-ring (bicyclic) bond motifs is 1. The second-order valence-electron chi connectivity index (χ2n) is 5.40. The van der Waals surface area contributed by atoms with Crippen molar-refractivity contribution in [1.29, 1.82) is 0 Å². The third-order valence-electron chi connectivity index (χ3n) is 3.54. The molecular formula is C18H16FN3O5. The van der Waals surface area contributed by atoms with Gasteiger partial charge in [0.1, 0.15) is 18.2 Å². The Balaban J connectivity index is 0.000000194. The molecule has 8 nitrogen and oxygen atoms in total. The number of carbonyl (C=O) groups is 1. The lowest BCUT2D eigenvalue weighted by atomic mass is 10.1. The smallest absolute Gasteiger partial charge is 0.311 e. The van der Waals surface area contributed by atoms with Crippen LogP contribution in [-0.4, -0.2) is 29.1 Å².